The fraction of sp³-hybridized carbons (Fsp3) is 0.217. The molecule has 2 aromatic carbocycles. The number of hydrogen-bond donors (Lipinski definition) is 3. The van der Waals surface area contributed by atoms with Gasteiger partial charge in [0.15, 0.2) is 0 Å². The molecular weight excluding hydrogens is 394 g/mol. The number of nitrogens with zero attached hydrogens (tertiary/aromatic N) is 2. The molecule has 1 fully saturated rings. The molecular formula is C23H23N5O3. The maximum atomic E-state index is 12.2. The SMILES string of the molecule is O=C(NCc1ccccc1-c1ccc(Cn2cccn2)cc1)C(=O)N[C@H]1CCNC1=O. The van der Waals surface area contributed by atoms with E-state index in [-0.39, 0.29) is 12.5 Å². The Bertz CT molecular complexity index is 1080. The third kappa shape index (κ3) is 4.98. The maximum absolute atomic E-state index is 12.2. The number of amides is 3. The molecule has 1 aliphatic heterocycles. The minimum atomic E-state index is -0.803. The smallest absolute Gasteiger partial charge is 0.309 e. The molecule has 1 aliphatic rings. The summed E-state index contributed by atoms with van der Waals surface area (Å²) in [6.07, 6.45) is 4.15. The van der Waals surface area contributed by atoms with Crippen molar-refractivity contribution in [1.29, 1.82) is 0 Å². The van der Waals surface area contributed by atoms with Crippen molar-refractivity contribution < 1.29 is 14.4 Å². The Morgan fingerprint density at radius 2 is 1.87 bits per heavy atom. The summed E-state index contributed by atoms with van der Waals surface area (Å²) in [4.78, 5) is 35.8. The Balaban J connectivity index is 1.39. The average molecular weight is 417 g/mol. The molecule has 2 heterocycles. The lowest BCUT2D eigenvalue weighted by molar-refractivity contribution is -0.140. The molecule has 8 heteroatoms. The summed E-state index contributed by atoms with van der Waals surface area (Å²) >= 11 is 0. The largest absolute Gasteiger partial charge is 0.354 e. The molecule has 4 rings (SSSR count). The number of benzene rings is 2. The zero-order chi connectivity index (χ0) is 21.6. The molecule has 31 heavy (non-hydrogen) atoms. The minimum absolute atomic E-state index is 0.203. The van der Waals surface area contributed by atoms with Crippen molar-refractivity contribution in [2.45, 2.75) is 25.6 Å². The van der Waals surface area contributed by atoms with Gasteiger partial charge in [-0.3, -0.25) is 19.1 Å². The van der Waals surface area contributed by atoms with Gasteiger partial charge in [-0.1, -0.05) is 48.5 Å². The lowest BCUT2D eigenvalue weighted by Gasteiger charge is -2.13. The highest BCUT2D eigenvalue weighted by Crippen LogP contribution is 2.24. The van der Waals surface area contributed by atoms with Crippen molar-refractivity contribution in [2.24, 2.45) is 0 Å². The molecule has 0 aliphatic carbocycles. The van der Waals surface area contributed by atoms with Gasteiger partial charge in [0.2, 0.25) is 5.91 Å². The summed E-state index contributed by atoms with van der Waals surface area (Å²) in [5.41, 5.74) is 4.01. The summed E-state index contributed by atoms with van der Waals surface area (Å²) in [5.74, 6) is -1.82. The highest BCUT2D eigenvalue weighted by atomic mass is 16.2. The summed E-state index contributed by atoms with van der Waals surface area (Å²) in [7, 11) is 0. The van der Waals surface area contributed by atoms with Crippen molar-refractivity contribution in [1.82, 2.24) is 25.7 Å². The van der Waals surface area contributed by atoms with Gasteiger partial charge < -0.3 is 16.0 Å². The van der Waals surface area contributed by atoms with Crippen LogP contribution in [0.1, 0.15) is 17.5 Å². The Hall–Kier alpha value is -3.94. The van der Waals surface area contributed by atoms with Gasteiger partial charge in [0.25, 0.3) is 0 Å². The van der Waals surface area contributed by atoms with Crippen LogP contribution < -0.4 is 16.0 Å². The average Bonchev–Trinajstić information content (AvgIpc) is 3.45. The third-order valence-electron chi connectivity index (χ3n) is 5.19. The first-order valence-corrected chi connectivity index (χ1v) is 10.1. The summed E-state index contributed by atoms with van der Waals surface area (Å²) in [5, 5.41) is 12.0. The molecule has 0 radical (unpaired) electrons. The number of hydrogen-bond acceptors (Lipinski definition) is 4. The van der Waals surface area contributed by atoms with E-state index in [1.165, 1.54) is 0 Å². The monoisotopic (exact) mass is 417 g/mol. The number of aromatic nitrogens is 2. The van der Waals surface area contributed by atoms with Gasteiger partial charge in [0.1, 0.15) is 6.04 Å². The third-order valence-corrected chi connectivity index (χ3v) is 5.19. The van der Waals surface area contributed by atoms with Gasteiger partial charge in [-0.05, 0) is 34.7 Å². The van der Waals surface area contributed by atoms with Crippen LogP contribution in [0.15, 0.2) is 67.0 Å². The number of carbonyl (C=O) groups is 3. The minimum Gasteiger partial charge on any atom is -0.354 e. The second-order valence-corrected chi connectivity index (χ2v) is 7.35. The van der Waals surface area contributed by atoms with Crippen molar-refractivity contribution in [3.63, 3.8) is 0 Å². The van der Waals surface area contributed by atoms with Crippen LogP contribution in [0.4, 0.5) is 0 Å². The normalized spacial score (nSPS) is 15.4. The van der Waals surface area contributed by atoms with Crippen LogP contribution in [0, 0.1) is 0 Å². The van der Waals surface area contributed by atoms with E-state index in [9.17, 15) is 14.4 Å². The Morgan fingerprint density at radius 1 is 1.06 bits per heavy atom. The Labute approximate surface area is 179 Å². The van der Waals surface area contributed by atoms with E-state index in [1.807, 2.05) is 65.5 Å². The topological polar surface area (TPSA) is 105 Å². The molecule has 0 spiro atoms. The quantitative estimate of drug-likeness (QED) is 0.525. The predicted molar refractivity (Wildman–Crippen MR) is 115 cm³/mol. The number of nitrogens with one attached hydrogen (secondary N) is 3. The zero-order valence-electron chi connectivity index (χ0n) is 16.9. The number of rotatable bonds is 6. The van der Waals surface area contributed by atoms with Gasteiger partial charge in [0, 0.05) is 25.5 Å². The molecule has 3 aromatic rings. The molecule has 1 aromatic heterocycles. The lowest BCUT2D eigenvalue weighted by Crippen LogP contribution is -2.47. The standard InChI is InChI=1S/C23H23N5O3/c29-21-20(10-12-24-21)27-23(31)22(30)25-14-18-4-1-2-5-19(18)17-8-6-16(7-9-17)15-28-13-3-11-26-28/h1-9,11,13,20H,10,12,14-15H2,(H,24,29)(H,25,30)(H,27,31)/t20-/m0/s1. The van der Waals surface area contributed by atoms with Crippen LogP contribution in [-0.4, -0.2) is 40.1 Å². The van der Waals surface area contributed by atoms with E-state index >= 15 is 0 Å². The van der Waals surface area contributed by atoms with Gasteiger partial charge in [-0.15, -0.1) is 0 Å². The predicted octanol–water partition coefficient (Wildman–Crippen LogP) is 1.22. The van der Waals surface area contributed by atoms with Gasteiger partial charge >= 0.3 is 11.8 Å². The van der Waals surface area contributed by atoms with Crippen molar-refractivity contribution >= 4 is 17.7 Å². The van der Waals surface area contributed by atoms with E-state index in [1.54, 1.807) is 6.20 Å². The van der Waals surface area contributed by atoms with Crippen LogP contribution in [0.25, 0.3) is 11.1 Å². The molecule has 0 saturated carbocycles. The van der Waals surface area contributed by atoms with Crippen LogP contribution in [-0.2, 0) is 27.5 Å². The highest BCUT2D eigenvalue weighted by Gasteiger charge is 2.27. The van der Waals surface area contributed by atoms with Gasteiger partial charge in [0.05, 0.1) is 6.54 Å². The van der Waals surface area contributed by atoms with E-state index < -0.39 is 17.9 Å². The molecule has 1 saturated heterocycles. The Kier molecular flexibility index (Phi) is 6.07. The summed E-state index contributed by atoms with van der Waals surface area (Å²) in [6, 6.07) is 17.1. The molecule has 8 nitrogen and oxygen atoms in total. The van der Waals surface area contributed by atoms with E-state index in [4.69, 9.17) is 0 Å². The second kappa shape index (κ2) is 9.25. The van der Waals surface area contributed by atoms with Crippen LogP contribution >= 0.6 is 0 Å². The molecule has 158 valence electrons. The van der Waals surface area contributed by atoms with Crippen molar-refractivity contribution in [2.75, 3.05) is 6.54 Å². The van der Waals surface area contributed by atoms with Crippen molar-refractivity contribution in [3.8, 4) is 11.1 Å². The zero-order valence-corrected chi connectivity index (χ0v) is 16.9. The number of carbonyl (C=O) groups excluding carboxylic acids is 3. The van der Waals surface area contributed by atoms with Gasteiger partial charge in [-0.25, -0.2) is 0 Å². The molecule has 1 atom stereocenters. The van der Waals surface area contributed by atoms with Gasteiger partial charge in [-0.2, -0.15) is 5.10 Å². The fourth-order valence-corrected chi connectivity index (χ4v) is 3.54. The molecule has 3 amide bonds. The highest BCUT2D eigenvalue weighted by molar-refractivity contribution is 6.35. The summed E-state index contributed by atoms with van der Waals surface area (Å²) < 4.78 is 1.86. The molecule has 0 bridgehead atoms. The lowest BCUT2D eigenvalue weighted by atomic mass is 9.98. The summed E-state index contributed by atoms with van der Waals surface area (Å²) in [6.45, 7) is 1.40. The van der Waals surface area contributed by atoms with E-state index in [0.29, 0.717) is 19.5 Å². The van der Waals surface area contributed by atoms with Crippen molar-refractivity contribution in [3.05, 3.63) is 78.1 Å². The van der Waals surface area contributed by atoms with Crippen LogP contribution in [0.2, 0.25) is 0 Å². The van der Waals surface area contributed by atoms with Crippen LogP contribution in [0.5, 0.6) is 0 Å². The Morgan fingerprint density at radius 3 is 2.58 bits per heavy atom. The molecule has 0 unspecified atom stereocenters. The second-order valence-electron chi connectivity index (χ2n) is 7.35. The molecule has 3 N–H and O–H groups in total. The maximum Gasteiger partial charge on any atom is 0.309 e. The fourth-order valence-electron chi connectivity index (χ4n) is 3.54. The van der Waals surface area contributed by atoms with Crippen LogP contribution in [0.3, 0.4) is 0 Å². The van der Waals surface area contributed by atoms with E-state index in [0.717, 1.165) is 22.3 Å². The first-order chi connectivity index (χ1) is 15.1. The first-order valence-electron chi connectivity index (χ1n) is 10.1. The first kappa shape index (κ1) is 20.3. The van der Waals surface area contributed by atoms with E-state index in [2.05, 4.69) is 21.0 Å².